The molecular formula is C19H24N2O6. The van der Waals surface area contributed by atoms with Crippen LogP contribution in [0.15, 0.2) is 24.3 Å². The van der Waals surface area contributed by atoms with Crippen LogP contribution in [0.4, 0.5) is 11.4 Å². The molecule has 0 bridgehead atoms. The number of methoxy groups -OCH3 is 2. The van der Waals surface area contributed by atoms with E-state index in [1.54, 1.807) is 29.2 Å². The highest BCUT2D eigenvalue weighted by atomic mass is 16.5. The van der Waals surface area contributed by atoms with Crippen molar-refractivity contribution in [2.24, 2.45) is 0 Å². The molecule has 1 aromatic carbocycles. The van der Waals surface area contributed by atoms with Crippen LogP contribution in [0.25, 0.3) is 0 Å². The van der Waals surface area contributed by atoms with Crippen molar-refractivity contribution in [1.82, 2.24) is 0 Å². The number of amides is 2. The van der Waals surface area contributed by atoms with Crippen LogP contribution < -0.4 is 9.80 Å². The summed E-state index contributed by atoms with van der Waals surface area (Å²) in [4.78, 5) is 50.3. The number of carbonyl (C=O) groups excluding carboxylic acids is 4. The number of piperidine rings is 1. The molecule has 2 rings (SSSR count). The van der Waals surface area contributed by atoms with E-state index in [2.05, 4.69) is 9.47 Å². The van der Waals surface area contributed by atoms with Crippen molar-refractivity contribution in [1.29, 1.82) is 0 Å². The molecule has 1 aromatic rings. The maximum atomic E-state index is 12.3. The highest BCUT2D eigenvalue weighted by Gasteiger charge is 2.25. The molecule has 1 fully saturated rings. The SMILES string of the molecule is COC(=O)CCCN(C(=O)C(=O)OC)c1ccc(N2CCCCC2=O)cc1. The van der Waals surface area contributed by atoms with Gasteiger partial charge in [0.25, 0.3) is 0 Å². The second-order valence-electron chi connectivity index (χ2n) is 6.15. The molecule has 146 valence electrons. The van der Waals surface area contributed by atoms with Gasteiger partial charge in [0.2, 0.25) is 5.91 Å². The lowest BCUT2D eigenvalue weighted by molar-refractivity contribution is -0.151. The van der Waals surface area contributed by atoms with Gasteiger partial charge < -0.3 is 19.3 Å². The van der Waals surface area contributed by atoms with Gasteiger partial charge in [0.05, 0.1) is 14.2 Å². The number of benzene rings is 1. The predicted octanol–water partition coefficient (Wildman–Crippen LogP) is 1.66. The van der Waals surface area contributed by atoms with E-state index in [9.17, 15) is 19.2 Å². The van der Waals surface area contributed by atoms with Crippen molar-refractivity contribution < 1.29 is 28.7 Å². The number of rotatable bonds is 6. The van der Waals surface area contributed by atoms with Crippen molar-refractivity contribution >= 4 is 35.1 Å². The number of hydrogen-bond acceptors (Lipinski definition) is 6. The van der Waals surface area contributed by atoms with Crippen LogP contribution in [0.2, 0.25) is 0 Å². The first-order valence-electron chi connectivity index (χ1n) is 8.85. The quantitative estimate of drug-likeness (QED) is 0.554. The van der Waals surface area contributed by atoms with Crippen molar-refractivity contribution in [3.8, 4) is 0 Å². The molecule has 27 heavy (non-hydrogen) atoms. The second kappa shape index (κ2) is 9.70. The zero-order valence-electron chi connectivity index (χ0n) is 15.6. The largest absolute Gasteiger partial charge is 0.469 e. The van der Waals surface area contributed by atoms with Crippen molar-refractivity contribution in [3.05, 3.63) is 24.3 Å². The first kappa shape index (κ1) is 20.4. The van der Waals surface area contributed by atoms with Gasteiger partial charge in [-0.3, -0.25) is 14.4 Å². The standard InChI is InChI=1S/C19H24N2O6/c1-26-17(23)7-5-13-21(18(24)19(25)27-2)15-10-8-14(9-11-15)20-12-4-3-6-16(20)22/h8-11H,3-7,12-13H2,1-2H3. The summed E-state index contributed by atoms with van der Waals surface area (Å²) in [5.41, 5.74) is 1.24. The smallest absolute Gasteiger partial charge is 0.397 e. The molecule has 0 aliphatic carbocycles. The summed E-state index contributed by atoms with van der Waals surface area (Å²) in [6.45, 7) is 0.827. The van der Waals surface area contributed by atoms with Gasteiger partial charge in [-0.25, -0.2) is 4.79 Å². The van der Waals surface area contributed by atoms with Crippen molar-refractivity contribution in [2.75, 3.05) is 37.1 Å². The van der Waals surface area contributed by atoms with E-state index < -0.39 is 11.9 Å². The summed E-state index contributed by atoms with van der Waals surface area (Å²) in [6, 6.07) is 6.85. The fourth-order valence-electron chi connectivity index (χ4n) is 2.92. The fraction of sp³-hybridized carbons (Fsp3) is 0.474. The molecule has 0 radical (unpaired) electrons. The summed E-state index contributed by atoms with van der Waals surface area (Å²) in [6.07, 6.45) is 2.84. The molecule has 0 aromatic heterocycles. The Hall–Kier alpha value is -2.90. The van der Waals surface area contributed by atoms with E-state index in [1.165, 1.54) is 12.0 Å². The molecule has 8 nitrogen and oxygen atoms in total. The Morgan fingerprint density at radius 1 is 1.07 bits per heavy atom. The van der Waals surface area contributed by atoms with Crippen LogP contribution in [0.3, 0.4) is 0 Å². The van der Waals surface area contributed by atoms with Gasteiger partial charge in [0, 0.05) is 37.3 Å². The second-order valence-corrected chi connectivity index (χ2v) is 6.15. The lowest BCUT2D eigenvalue weighted by atomic mass is 10.1. The Morgan fingerprint density at radius 2 is 1.78 bits per heavy atom. The Labute approximate surface area is 158 Å². The van der Waals surface area contributed by atoms with Gasteiger partial charge in [-0.15, -0.1) is 0 Å². The third kappa shape index (κ3) is 5.29. The summed E-state index contributed by atoms with van der Waals surface area (Å²) >= 11 is 0. The van der Waals surface area contributed by atoms with E-state index in [0.29, 0.717) is 25.1 Å². The number of esters is 2. The van der Waals surface area contributed by atoms with Crippen molar-refractivity contribution in [3.63, 3.8) is 0 Å². The van der Waals surface area contributed by atoms with Crippen LogP contribution in [0.5, 0.6) is 0 Å². The van der Waals surface area contributed by atoms with Crippen LogP contribution in [0, 0.1) is 0 Å². The zero-order chi connectivity index (χ0) is 19.8. The molecule has 1 heterocycles. The Balaban J connectivity index is 2.15. The van der Waals surface area contributed by atoms with E-state index >= 15 is 0 Å². The van der Waals surface area contributed by atoms with E-state index in [0.717, 1.165) is 25.6 Å². The minimum Gasteiger partial charge on any atom is -0.469 e. The fourth-order valence-corrected chi connectivity index (χ4v) is 2.92. The highest BCUT2D eigenvalue weighted by molar-refractivity contribution is 6.38. The summed E-state index contributed by atoms with van der Waals surface area (Å²) in [7, 11) is 2.43. The predicted molar refractivity (Wildman–Crippen MR) is 98.3 cm³/mol. The van der Waals surface area contributed by atoms with Crippen LogP contribution in [-0.4, -0.2) is 51.1 Å². The van der Waals surface area contributed by atoms with E-state index in [-0.39, 0.29) is 24.8 Å². The maximum Gasteiger partial charge on any atom is 0.397 e. The summed E-state index contributed by atoms with van der Waals surface area (Å²) < 4.78 is 9.11. The molecule has 0 N–H and O–H groups in total. The van der Waals surface area contributed by atoms with Crippen LogP contribution >= 0.6 is 0 Å². The van der Waals surface area contributed by atoms with Crippen molar-refractivity contribution in [2.45, 2.75) is 32.1 Å². The molecule has 0 saturated carbocycles. The Bertz CT molecular complexity index is 701. The minimum absolute atomic E-state index is 0.0783. The normalized spacial score (nSPS) is 13.9. The minimum atomic E-state index is -0.983. The summed E-state index contributed by atoms with van der Waals surface area (Å²) in [5.74, 6) is -2.11. The molecule has 0 unspecified atom stereocenters. The van der Waals surface area contributed by atoms with Crippen LogP contribution in [-0.2, 0) is 28.7 Å². The van der Waals surface area contributed by atoms with Gasteiger partial charge >= 0.3 is 17.8 Å². The molecule has 8 heteroatoms. The van der Waals surface area contributed by atoms with Gasteiger partial charge in [-0.05, 0) is 43.5 Å². The molecule has 2 amide bonds. The number of carbonyl (C=O) groups is 4. The lowest BCUT2D eigenvalue weighted by Crippen LogP contribution is -2.38. The number of ether oxygens (including phenoxy) is 2. The molecule has 1 saturated heterocycles. The Kier molecular flexibility index (Phi) is 7.34. The first-order chi connectivity index (χ1) is 13.0. The first-order valence-corrected chi connectivity index (χ1v) is 8.85. The monoisotopic (exact) mass is 376 g/mol. The number of hydrogen-bond donors (Lipinski definition) is 0. The zero-order valence-corrected chi connectivity index (χ0v) is 15.6. The maximum absolute atomic E-state index is 12.3. The molecule has 0 atom stereocenters. The third-order valence-electron chi connectivity index (χ3n) is 4.39. The molecular weight excluding hydrogens is 352 g/mol. The molecule has 0 spiro atoms. The average Bonchev–Trinajstić information content (AvgIpc) is 2.70. The highest BCUT2D eigenvalue weighted by Crippen LogP contribution is 2.25. The third-order valence-corrected chi connectivity index (χ3v) is 4.39. The Morgan fingerprint density at radius 3 is 2.37 bits per heavy atom. The topological polar surface area (TPSA) is 93.2 Å². The number of anilines is 2. The van der Waals surface area contributed by atoms with E-state index in [4.69, 9.17) is 0 Å². The van der Waals surface area contributed by atoms with Gasteiger partial charge in [0.1, 0.15) is 0 Å². The molecule has 1 aliphatic heterocycles. The van der Waals surface area contributed by atoms with Gasteiger partial charge in [0.15, 0.2) is 0 Å². The number of nitrogens with zero attached hydrogens (tertiary/aromatic N) is 2. The summed E-state index contributed by atoms with van der Waals surface area (Å²) in [5, 5.41) is 0. The average molecular weight is 376 g/mol. The van der Waals surface area contributed by atoms with Gasteiger partial charge in [-0.2, -0.15) is 0 Å². The van der Waals surface area contributed by atoms with E-state index in [1.807, 2.05) is 0 Å². The lowest BCUT2D eigenvalue weighted by Gasteiger charge is -2.27. The molecule has 1 aliphatic rings. The van der Waals surface area contributed by atoms with Crippen LogP contribution in [0.1, 0.15) is 32.1 Å². The van der Waals surface area contributed by atoms with Gasteiger partial charge in [-0.1, -0.05) is 0 Å².